The smallest absolute Gasteiger partial charge is 0.407 e. The molecule has 2 saturated heterocycles. The zero-order chi connectivity index (χ0) is 35.5. The van der Waals surface area contributed by atoms with Crippen LogP contribution >= 0.6 is 37.2 Å². The summed E-state index contributed by atoms with van der Waals surface area (Å²) in [6.07, 6.45) is 6.21. The molecule has 2 aliphatic heterocycles. The molecule has 4 aromatic carbocycles. The molecule has 9 rings (SSSR count). The number of H-pyrrole nitrogens is 2. The van der Waals surface area contributed by atoms with E-state index in [1.807, 2.05) is 6.20 Å². The van der Waals surface area contributed by atoms with Gasteiger partial charge in [-0.1, -0.05) is 42.5 Å². The minimum atomic E-state index is -0.877. The summed E-state index contributed by atoms with van der Waals surface area (Å²) >= 11 is 0. The van der Waals surface area contributed by atoms with Gasteiger partial charge < -0.3 is 35.0 Å². The van der Waals surface area contributed by atoms with Gasteiger partial charge in [-0.2, -0.15) is 0 Å². The maximum absolute atomic E-state index is 13.7. The lowest BCUT2D eigenvalue weighted by atomic mass is 9.97. The number of nitrogens with one attached hydrogen (secondary N) is 4. The van der Waals surface area contributed by atoms with Gasteiger partial charge in [-0.15, -0.1) is 37.2 Å². The molecule has 3 fully saturated rings. The Morgan fingerprint density at radius 2 is 1.56 bits per heavy atom. The van der Waals surface area contributed by atoms with Gasteiger partial charge in [0, 0.05) is 30.6 Å². The van der Waals surface area contributed by atoms with Crippen molar-refractivity contribution in [2.75, 3.05) is 20.8 Å². The Balaban J connectivity index is 0.00000171. The number of likely N-dealkylation sites (tertiary alicyclic amines) is 1. The first-order valence-corrected chi connectivity index (χ1v) is 18.3. The number of piperidine rings is 1. The van der Waals surface area contributed by atoms with Crippen LogP contribution in [-0.4, -0.2) is 75.8 Å². The van der Waals surface area contributed by atoms with Crippen LogP contribution in [0.25, 0.3) is 55.0 Å². The summed E-state index contributed by atoms with van der Waals surface area (Å²) in [6, 6.07) is 23.8. The van der Waals surface area contributed by atoms with Crippen molar-refractivity contribution in [1.82, 2.24) is 35.5 Å². The number of alkyl carbamates (subject to hydrolysis) is 1. The van der Waals surface area contributed by atoms with Crippen LogP contribution in [0.5, 0.6) is 0 Å². The minimum Gasteiger partial charge on any atom is -0.453 e. The van der Waals surface area contributed by atoms with Crippen molar-refractivity contribution < 1.29 is 19.1 Å². The second kappa shape index (κ2) is 16.4. The van der Waals surface area contributed by atoms with E-state index in [0.717, 1.165) is 68.7 Å². The average molecular weight is 807 g/mol. The van der Waals surface area contributed by atoms with Gasteiger partial charge >= 0.3 is 6.09 Å². The summed E-state index contributed by atoms with van der Waals surface area (Å²) in [7, 11) is 2.80. The molecule has 0 radical (unpaired) electrons. The summed E-state index contributed by atoms with van der Waals surface area (Å²) < 4.78 is 10.2. The molecule has 2 bridgehead atoms. The number of fused-ring (bicyclic) bond motifs is 6. The van der Waals surface area contributed by atoms with E-state index in [-0.39, 0.29) is 49.2 Å². The van der Waals surface area contributed by atoms with Gasteiger partial charge in [0.25, 0.3) is 0 Å². The number of halogens is 3. The average Bonchev–Trinajstić information content (AvgIpc) is 4.03. The lowest BCUT2D eigenvalue weighted by molar-refractivity contribution is -0.137. The highest BCUT2D eigenvalue weighted by Gasteiger charge is 2.41. The van der Waals surface area contributed by atoms with Crippen molar-refractivity contribution in [3.63, 3.8) is 0 Å². The number of rotatable bonds is 8. The molecule has 2 amide bonds. The van der Waals surface area contributed by atoms with Crippen molar-refractivity contribution in [3.8, 4) is 22.4 Å². The van der Waals surface area contributed by atoms with Gasteiger partial charge in [-0.3, -0.25) is 4.79 Å². The Morgan fingerprint density at radius 3 is 2.27 bits per heavy atom. The van der Waals surface area contributed by atoms with E-state index in [1.54, 1.807) is 11.8 Å². The van der Waals surface area contributed by atoms with Crippen LogP contribution < -0.4 is 10.6 Å². The molecule has 55 heavy (non-hydrogen) atoms. The number of carbonyl (C=O) groups is 2. The zero-order valence-corrected chi connectivity index (χ0v) is 33.3. The topological polar surface area (TPSA) is 137 Å². The largest absolute Gasteiger partial charge is 0.453 e. The second-order valence-electron chi connectivity index (χ2n) is 14.6. The van der Waals surface area contributed by atoms with Gasteiger partial charge in [0.2, 0.25) is 5.91 Å². The number of hydrogen-bond acceptors (Lipinski definition) is 7. The highest BCUT2D eigenvalue weighted by atomic mass is 35.5. The number of aromatic amines is 2. The molecule has 4 N–H and O–H groups in total. The Morgan fingerprint density at radius 1 is 0.855 bits per heavy atom. The highest BCUT2D eigenvalue weighted by molar-refractivity contribution is 6.05. The monoisotopic (exact) mass is 805 g/mol. The Hall–Kier alpha value is -4.39. The molecular formula is C41H46Cl3N7O4. The second-order valence-corrected chi connectivity index (χ2v) is 14.6. The maximum Gasteiger partial charge on any atom is 0.407 e. The number of benzene rings is 4. The van der Waals surface area contributed by atoms with Crippen molar-refractivity contribution in [2.45, 2.75) is 69.3 Å². The molecular weight excluding hydrogens is 761 g/mol. The minimum absolute atomic E-state index is 0. The van der Waals surface area contributed by atoms with Gasteiger partial charge in [0.05, 0.1) is 48.2 Å². The highest BCUT2D eigenvalue weighted by Crippen LogP contribution is 2.43. The molecule has 11 nitrogen and oxygen atoms in total. The third-order valence-electron chi connectivity index (χ3n) is 11.6. The van der Waals surface area contributed by atoms with E-state index in [4.69, 9.17) is 19.4 Å². The lowest BCUT2D eigenvalue weighted by Gasteiger charge is -2.30. The zero-order valence-electron chi connectivity index (χ0n) is 30.8. The molecule has 2 aromatic heterocycles. The maximum atomic E-state index is 13.7. The van der Waals surface area contributed by atoms with Crippen molar-refractivity contribution in [2.24, 2.45) is 5.92 Å². The molecule has 1 saturated carbocycles. The third kappa shape index (κ3) is 7.36. The van der Waals surface area contributed by atoms with Crippen LogP contribution in [0.15, 0.2) is 72.9 Å². The standard InChI is InChI=1S/C41H43N7O4.3ClH/c1-22(51-2)35(47-41(50)52-3)40(49)48-16-4-5-34(48)38-44-32-15-12-27-18-26(11-14-31(27)37(32)46-38)23-6-7-25-19-28(9-8-24(25)17-23)33-21-42-39(45-33)36-29-10-13-30(20-29)43-36;;;/h6-9,11-12,14-15,17-19,21-22,29-30,34-36,43H,4-5,10,13,16,20H2,1-3H3,(H,42,45)(H,44,46)(H,47,50);3*1H/t22-,29+,30-,34+,35+,36+;;;/m1.../s1. The molecule has 4 heterocycles. The fourth-order valence-corrected chi connectivity index (χ4v) is 8.75. The quantitative estimate of drug-likeness (QED) is 0.121. The molecule has 0 spiro atoms. The number of amides is 2. The number of nitrogens with zero attached hydrogens (tertiary/aromatic N) is 3. The van der Waals surface area contributed by atoms with Gasteiger partial charge in [-0.05, 0) is 96.5 Å². The number of aromatic nitrogens is 4. The molecule has 6 aromatic rings. The number of ether oxygens (including phenoxy) is 2. The fourth-order valence-electron chi connectivity index (χ4n) is 8.75. The SMILES string of the molecule is COC(=O)N[C@H](C(=O)N1CCC[C@H]1c1nc2c(ccc3cc(-c4ccc5cc(-c6cnc([C@H]7N[C@@H]8CC[C@H]7C8)[nH]6)ccc5c4)ccc32)[nH]1)[C@@H](C)OC.Cl.Cl.Cl. The predicted molar refractivity (Wildman–Crippen MR) is 222 cm³/mol. The first-order valence-electron chi connectivity index (χ1n) is 18.3. The Bertz CT molecular complexity index is 2350. The molecule has 6 atom stereocenters. The fraction of sp³-hybridized carbons (Fsp3) is 0.366. The molecule has 14 heteroatoms. The van der Waals surface area contributed by atoms with Gasteiger partial charge in [0.15, 0.2) is 0 Å². The van der Waals surface area contributed by atoms with E-state index in [9.17, 15) is 9.59 Å². The summed E-state index contributed by atoms with van der Waals surface area (Å²) in [5.74, 6) is 2.27. The van der Waals surface area contributed by atoms with Crippen LogP contribution in [0, 0.1) is 5.92 Å². The summed E-state index contributed by atoms with van der Waals surface area (Å²) in [5.41, 5.74) is 6.27. The Kier molecular flexibility index (Phi) is 12.0. The number of methoxy groups -OCH3 is 2. The number of carbonyl (C=O) groups excluding carboxylic acids is 2. The van der Waals surface area contributed by atoms with Gasteiger partial charge in [0.1, 0.15) is 17.7 Å². The third-order valence-corrected chi connectivity index (χ3v) is 11.6. The summed E-state index contributed by atoms with van der Waals surface area (Å²) in [6.45, 7) is 2.32. The van der Waals surface area contributed by atoms with Crippen molar-refractivity contribution in [3.05, 3.63) is 84.6 Å². The lowest BCUT2D eigenvalue weighted by Crippen LogP contribution is -2.54. The molecule has 1 aliphatic carbocycles. The molecule has 3 aliphatic rings. The first kappa shape index (κ1) is 40.3. The van der Waals surface area contributed by atoms with Crippen molar-refractivity contribution in [1.29, 1.82) is 0 Å². The van der Waals surface area contributed by atoms with E-state index in [0.29, 0.717) is 24.5 Å². The summed E-state index contributed by atoms with van der Waals surface area (Å²) in [4.78, 5) is 44.5. The summed E-state index contributed by atoms with van der Waals surface area (Å²) in [5, 5.41) is 10.9. The van der Waals surface area contributed by atoms with Crippen LogP contribution in [0.3, 0.4) is 0 Å². The van der Waals surface area contributed by atoms with E-state index in [1.165, 1.54) is 44.3 Å². The van der Waals surface area contributed by atoms with Crippen LogP contribution in [-0.2, 0) is 14.3 Å². The predicted octanol–water partition coefficient (Wildman–Crippen LogP) is 8.43. The normalized spacial score (nSPS) is 21.2. The van der Waals surface area contributed by atoms with Crippen molar-refractivity contribution >= 4 is 81.8 Å². The molecule has 0 unspecified atom stereocenters. The van der Waals surface area contributed by atoms with Gasteiger partial charge in [-0.25, -0.2) is 14.8 Å². The number of hydrogen-bond donors (Lipinski definition) is 4. The van der Waals surface area contributed by atoms with E-state index < -0.39 is 18.2 Å². The Labute approximate surface area is 338 Å². The van der Waals surface area contributed by atoms with Crippen LogP contribution in [0.2, 0.25) is 0 Å². The first-order chi connectivity index (χ1) is 25.4. The molecule has 290 valence electrons. The van der Waals surface area contributed by atoms with E-state index in [2.05, 4.69) is 87.3 Å². The van der Waals surface area contributed by atoms with Crippen LogP contribution in [0.1, 0.15) is 62.8 Å². The van der Waals surface area contributed by atoms with Crippen LogP contribution in [0.4, 0.5) is 4.79 Å². The number of imidazole rings is 2. The van der Waals surface area contributed by atoms with E-state index >= 15 is 0 Å².